The Labute approximate surface area is 116 Å². The van der Waals surface area contributed by atoms with Crippen molar-refractivity contribution in [3.63, 3.8) is 0 Å². The van der Waals surface area contributed by atoms with Gasteiger partial charge in [0.15, 0.2) is 0 Å². The van der Waals surface area contributed by atoms with Gasteiger partial charge in [-0.15, -0.1) is 23.5 Å². The zero-order valence-electron chi connectivity index (χ0n) is 10.5. The second-order valence-corrected chi connectivity index (χ2v) is 6.14. The number of rotatable bonds is 6. The predicted octanol–water partition coefficient (Wildman–Crippen LogP) is 3.36. The number of hydrogen-bond donors (Lipinski definition) is 1. The van der Waals surface area contributed by atoms with Gasteiger partial charge >= 0.3 is 0 Å². The Balaban J connectivity index is 3.07. The van der Waals surface area contributed by atoms with Crippen molar-refractivity contribution in [3.8, 4) is 6.07 Å². The molecular weight excluding hydrogens is 264 g/mol. The van der Waals surface area contributed by atoms with Crippen LogP contribution in [0.3, 0.4) is 0 Å². The Morgan fingerprint density at radius 3 is 2.50 bits per heavy atom. The minimum Gasteiger partial charge on any atom is -0.381 e. The Morgan fingerprint density at radius 1 is 1.39 bits per heavy atom. The average Bonchev–Trinajstić information content (AvgIpc) is 2.41. The molecule has 1 N–H and O–H groups in total. The van der Waals surface area contributed by atoms with E-state index in [-0.39, 0.29) is 0 Å². The van der Waals surface area contributed by atoms with Gasteiger partial charge in [0.05, 0.1) is 21.6 Å². The van der Waals surface area contributed by atoms with E-state index in [1.807, 2.05) is 13.8 Å². The molecule has 0 amide bonds. The molecule has 0 spiro atoms. The lowest BCUT2D eigenvalue weighted by atomic mass is 10.1. The Bertz CT molecular complexity index is 432. The fourth-order valence-corrected chi connectivity index (χ4v) is 3.55. The van der Waals surface area contributed by atoms with Crippen molar-refractivity contribution in [1.82, 2.24) is 4.98 Å². The van der Waals surface area contributed by atoms with Crippen LogP contribution in [0.4, 0.5) is 0 Å². The summed E-state index contributed by atoms with van der Waals surface area (Å²) in [5.74, 6) is 1.75. The third-order valence-corrected chi connectivity index (χ3v) is 4.38. The summed E-state index contributed by atoms with van der Waals surface area (Å²) in [5.41, 5.74) is 0.910. The van der Waals surface area contributed by atoms with E-state index in [0.29, 0.717) is 11.3 Å². The number of pyridine rings is 1. The van der Waals surface area contributed by atoms with Gasteiger partial charge in [-0.05, 0) is 23.6 Å². The molecule has 0 aromatic carbocycles. The van der Waals surface area contributed by atoms with Gasteiger partial charge in [-0.2, -0.15) is 5.26 Å². The lowest BCUT2D eigenvalue weighted by Crippen LogP contribution is -2.04. The predicted molar refractivity (Wildman–Crippen MR) is 78.1 cm³/mol. The van der Waals surface area contributed by atoms with Crippen LogP contribution in [0.1, 0.15) is 25.6 Å². The summed E-state index contributed by atoms with van der Waals surface area (Å²) in [6.07, 6.45) is 0.678. The maximum atomic E-state index is 10.2. The highest BCUT2D eigenvalue weighted by Crippen LogP contribution is 2.35. The van der Waals surface area contributed by atoms with E-state index in [1.54, 1.807) is 47.9 Å². The molecule has 0 aliphatic heterocycles. The Morgan fingerprint density at radius 2 is 2.06 bits per heavy atom. The van der Waals surface area contributed by atoms with Crippen molar-refractivity contribution in [3.05, 3.63) is 39.9 Å². The summed E-state index contributed by atoms with van der Waals surface area (Å²) in [6.45, 7) is 4.06. The summed E-state index contributed by atoms with van der Waals surface area (Å²) >= 11 is 3.18. The first-order chi connectivity index (χ1) is 8.74. The molecule has 0 radical (unpaired) electrons. The second-order valence-electron chi connectivity index (χ2n) is 3.34. The molecule has 0 saturated carbocycles. The molecule has 18 heavy (non-hydrogen) atoms. The van der Waals surface area contributed by atoms with Crippen molar-refractivity contribution < 1.29 is 5.11 Å². The zero-order chi connectivity index (χ0) is 13.4. The van der Waals surface area contributed by atoms with Crippen LogP contribution in [0.5, 0.6) is 0 Å². The molecule has 1 atom stereocenters. The highest BCUT2D eigenvalue weighted by molar-refractivity contribution is 8.22. The highest BCUT2D eigenvalue weighted by atomic mass is 32.2. The van der Waals surface area contributed by atoms with Crippen molar-refractivity contribution in [1.29, 1.82) is 5.26 Å². The Kier molecular flexibility index (Phi) is 6.88. The zero-order valence-corrected chi connectivity index (χ0v) is 12.1. The molecule has 96 valence electrons. The second kappa shape index (κ2) is 8.20. The smallest absolute Gasteiger partial charge is 0.132 e. The molecule has 0 aliphatic rings. The molecule has 3 nitrogen and oxygen atoms in total. The third kappa shape index (κ3) is 4.05. The quantitative estimate of drug-likeness (QED) is 0.810. The normalized spacial score (nSPS) is 11.7. The van der Waals surface area contributed by atoms with E-state index in [4.69, 9.17) is 0 Å². The van der Waals surface area contributed by atoms with Crippen LogP contribution in [0.25, 0.3) is 0 Å². The van der Waals surface area contributed by atoms with Crippen LogP contribution >= 0.6 is 23.5 Å². The Hall–Kier alpha value is -0.960. The first kappa shape index (κ1) is 15.1. The maximum absolute atomic E-state index is 10.2. The highest BCUT2D eigenvalue weighted by Gasteiger charge is 2.19. The fraction of sp³-hybridized carbons (Fsp3) is 0.385. The van der Waals surface area contributed by atoms with Gasteiger partial charge in [0.1, 0.15) is 6.10 Å². The van der Waals surface area contributed by atoms with E-state index in [1.165, 1.54) is 0 Å². The first-order valence-electron chi connectivity index (χ1n) is 5.73. The molecule has 1 rings (SSSR count). The van der Waals surface area contributed by atoms with Crippen LogP contribution in [0, 0.1) is 11.3 Å². The van der Waals surface area contributed by atoms with Gasteiger partial charge in [-0.25, -0.2) is 0 Å². The number of aliphatic hydroxyl groups is 1. The summed E-state index contributed by atoms with van der Waals surface area (Å²) in [7, 11) is 0. The summed E-state index contributed by atoms with van der Waals surface area (Å²) < 4.78 is 0.889. The van der Waals surface area contributed by atoms with Crippen molar-refractivity contribution in [2.45, 2.75) is 20.0 Å². The molecule has 1 aromatic rings. The molecule has 0 saturated heterocycles. The standard InChI is InChI=1S/C13H16N2OS2/c1-3-17-13(18-4-2)10(9-14)12(16)11-7-5-6-8-15-11/h5-8,12,16H,3-4H2,1-2H3. The number of aliphatic hydroxyl groups excluding tert-OH is 1. The molecule has 0 bridgehead atoms. The first-order valence-corrected chi connectivity index (χ1v) is 7.70. The minimum absolute atomic E-state index is 0.396. The van der Waals surface area contributed by atoms with Gasteiger partial charge < -0.3 is 5.11 Å². The molecule has 0 aliphatic carbocycles. The van der Waals surface area contributed by atoms with E-state index in [2.05, 4.69) is 11.1 Å². The number of thioether (sulfide) groups is 2. The summed E-state index contributed by atoms with van der Waals surface area (Å²) in [6, 6.07) is 7.44. The fourth-order valence-electron chi connectivity index (χ4n) is 1.36. The lowest BCUT2D eigenvalue weighted by molar-refractivity contribution is 0.215. The molecule has 5 heteroatoms. The number of hydrogen-bond acceptors (Lipinski definition) is 5. The van der Waals surface area contributed by atoms with E-state index >= 15 is 0 Å². The minimum atomic E-state index is -0.940. The topological polar surface area (TPSA) is 56.9 Å². The number of nitrogens with zero attached hydrogens (tertiary/aromatic N) is 2. The van der Waals surface area contributed by atoms with E-state index < -0.39 is 6.10 Å². The van der Waals surface area contributed by atoms with E-state index in [0.717, 1.165) is 15.7 Å². The monoisotopic (exact) mass is 280 g/mol. The molecule has 1 heterocycles. The molecule has 1 aromatic heterocycles. The van der Waals surface area contributed by atoms with Gasteiger partial charge in [0, 0.05) is 6.20 Å². The summed E-state index contributed by atoms with van der Waals surface area (Å²) in [4.78, 5) is 4.10. The maximum Gasteiger partial charge on any atom is 0.132 e. The van der Waals surface area contributed by atoms with Gasteiger partial charge in [0.2, 0.25) is 0 Å². The molecule has 1 unspecified atom stereocenters. The van der Waals surface area contributed by atoms with Crippen LogP contribution in [0.2, 0.25) is 0 Å². The average molecular weight is 280 g/mol. The third-order valence-electron chi connectivity index (χ3n) is 2.13. The molecule has 0 fully saturated rings. The number of aromatic nitrogens is 1. The van der Waals surface area contributed by atoms with Crippen molar-refractivity contribution >= 4 is 23.5 Å². The van der Waals surface area contributed by atoms with Gasteiger partial charge in [-0.1, -0.05) is 19.9 Å². The SMILES string of the molecule is CCSC(SCC)=C(C#N)C(O)c1ccccn1. The van der Waals surface area contributed by atoms with Crippen LogP contribution < -0.4 is 0 Å². The van der Waals surface area contributed by atoms with Gasteiger partial charge in [0.25, 0.3) is 0 Å². The lowest BCUT2D eigenvalue weighted by Gasteiger charge is -2.13. The number of nitriles is 1. The van der Waals surface area contributed by atoms with Gasteiger partial charge in [-0.3, -0.25) is 4.98 Å². The van der Waals surface area contributed by atoms with Crippen LogP contribution in [-0.4, -0.2) is 21.6 Å². The van der Waals surface area contributed by atoms with Crippen LogP contribution in [0.15, 0.2) is 34.2 Å². The largest absolute Gasteiger partial charge is 0.381 e. The van der Waals surface area contributed by atoms with Crippen molar-refractivity contribution in [2.75, 3.05) is 11.5 Å². The molecular formula is C13H16N2OS2. The summed E-state index contributed by atoms with van der Waals surface area (Å²) in [5, 5.41) is 19.5. The van der Waals surface area contributed by atoms with Crippen molar-refractivity contribution in [2.24, 2.45) is 0 Å². The van der Waals surface area contributed by atoms with Crippen LogP contribution in [-0.2, 0) is 0 Å². The van der Waals surface area contributed by atoms with E-state index in [9.17, 15) is 10.4 Å².